The van der Waals surface area contributed by atoms with Gasteiger partial charge in [0, 0.05) is 6.20 Å². The number of nitrogens with one attached hydrogen (secondary N) is 1. The van der Waals surface area contributed by atoms with Crippen molar-refractivity contribution in [3.05, 3.63) is 48.2 Å². The molecular formula is C22H28N4O2. The lowest BCUT2D eigenvalue weighted by Crippen LogP contribution is -2.39. The van der Waals surface area contributed by atoms with Crippen LogP contribution < -0.4 is 10.2 Å². The Balaban J connectivity index is 1.96. The van der Waals surface area contributed by atoms with Crippen LogP contribution in [0, 0.1) is 0 Å². The van der Waals surface area contributed by atoms with Gasteiger partial charge in [-0.1, -0.05) is 38.8 Å². The predicted octanol–water partition coefficient (Wildman–Crippen LogP) is 4.21. The second-order valence-electron chi connectivity index (χ2n) is 7.06. The number of rotatable bonds is 8. The highest BCUT2D eigenvalue weighted by Gasteiger charge is 2.30. The molecule has 0 aliphatic carbocycles. The van der Waals surface area contributed by atoms with Crippen molar-refractivity contribution in [2.45, 2.75) is 39.5 Å². The van der Waals surface area contributed by atoms with Gasteiger partial charge in [-0.25, -0.2) is 4.98 Å². The van der Waals surface area contributed by atoms with E-state index in [1.807, 2.05) is 6.07 Å². The lowest BCUT2D eigenvalue weighted by atomic mass is 10.1. The Bertz CT molecular complexity index is 829. The van der Waals surface area contributed by atoms with E-state index in [2.05, 4.69) is 29.0 Å². The molecule has 148 valence electrons. The van der Waals surface area contributed by atoms with Crippen LogP contribution in [0.4, 0.5) is 17.2 Å². The van der Waals surface area contributed by atoms with Crippen LogP contribution >= 0.6 is 0 Å². The van der Waals surface area contributed by atoms with Crippen LogP contribution in [0.3, 0.4) is 0 Å². The molecule has 1 aliphatic rings. The van der Waals surface area contributed by atoms with E-state index in [-0.39, 0.29) is 11.8 Å². The topological polar surface area (TPSA) is 65.5 Å². The quantitative estimate of drug-likeness (QED) is 0.745. The van der Waals surface area contributed by atoms with Crippen molar-refractivity contribution in [3.63, 3.8) is 0 Å². The summed E-state index contributed by atoms with van der Waals surface area (Å²) in [5, 5.41) is 2.88. The molecule has 0 fully saturated rings. The number of hydrogen-bond acceptors (Lipinski definition) is 4. The molecule has 2 amide bonds. The Morgan fingerprint density at radius 3 is 2.50 bits per heavy atom. The van der Waals surface area contributed by atoms with E-state index in [9.17, 15) is 9.59 Å². The van der Waals surface area contributed by atoms with E-state index in [1.165, 1.54) is 0 Å². The van der Waals surface area contributed by atoms with Crippen molar-refractivity contribution >= 4 is 29.0 Å². The van der Waals surface area contributed by atoms with Crippen molar-refractivity contribution in [1.29, 1.82) is 0 Å². The molecule has 6 nitrogen and oxygen atoms in total. The van der Waals surface area contributed by atoms with Gasteiger partial charge < -0.3 is 5.32 Å². The Labute approximate surface area is 166 Å². The first-order valence-corrected chi connectivity index (χ1v) is 10.1. The third-order valence-electron chi connectivity index (χ3n) is 4.90. The Hall–Kier alpha value is -2.73. The molecule has 28 heavy (non-hydrogen) atoms. The number of carbonyl (C=O) groups excluding carboxylic acids is 2. The zero-order chi connectivity index (χ0) is 19.9. The van der Waals surface area contributed by atoms with E-state index in [0.717, 1.165) is 38.8 Å². The Morgan fingerprint density at radius 2 is 1.79 bits per heavy atom. The van der Waals surface area contributed by atoms with Crippen molar-refractivity contribution in [3.8, 4) is 0 Å². The number of fused-ring (bicyclic) bond motifs is 2. The molecule has 1 aromatic heterocycles. The number of amides is 2. The summed E-state index contributed by atoms with van der Waals surface area (Å²) < 4.78 is 0. The van der Waals surface area contributed by atoms with Gasteiger partial charge in [-0.15, -0.1) is 0 Å². The summed E-state index contributed by atoms with van der Waals surface area (Å²) in [6, 6.07) is 10.7. The molecule has 6 heteroatoms. The van der Waals surface area contributed by atoms with Gasteiger partial charge in [0.25, 0.3) is 5.91 Å². The minimum atomic E-state index is -0.228. The molecule has 1 aromatic carbocycles. The summed E-state index contributed by atoms with van der Waals surface area (Å²) in [5.74, 6) is 0.168. The summed E-state index contributed by atoms with van der Waals surface area (Å²) in [4.78, 5) is 34.3. The highest BCUT2D eigenvalue weighted by atomic mass is 16.2. The number of nitrogens with zero attached hydrogens (tertiary/aromatic N) is 3. The smallest absolute Gasteiger partial charge is 0.257 e. The maximum absolute atomic E-state index is 13.4. The predicted molar refractivity (Wildman–Crippen MR) is 112 cm³/mol. The largest absolute Gasteiger partial charge is 0.319 e. The molecular weight excluding hydrogens is 352 g/mol. The molecule has 2 heterocycles. The second kappa shape index (κ2) is 9.46. The molecule has 0 atom stereocenters. The van der Waals surface area contributed by atoms with Crippen LogP contribution in [0.2, 0.25) is 0 Å². The fourth-order valence-electron chi connectivity index (χ4n) is 3.38. The number of pyridine rings is 1. The molecule has 1 N–H and O–H groups in total. The minimum absolute atomic E-state index is 0.0730. The number of anilines is 3. The van der Waals surface area contributed by atoms with Crippen molar-refractivity contribution in [1.82, 2.24) is 9.88 Å². The minimum Gasteiger partial charge on any atom is -0.319 e. The maximum Gasteiger partial charge on any atom is 0.257 e. The maximum atomic E-state index is 13.4. The normalized spacial score (nSPS) is 13.0. The lowest BCUT2D eigenvalue weighted by Gasteiger charge is -2.27. The average molecular weight is 380 g/mol. The summed E-state index contributed by atoms with van der Waals surface area (Å²) in [5.41, 5.74) is 1.60. The summed E-state index contributed by atoms with van der Waals surface area (Å²) in [6.07, 6.45) is 5.94. The van der Waals surface area contributed by atoms with E-state index < -0.39 is 0 Å². The van der Waals surface area contributed by atoms with E-state index in [4.69, 9.17) is 0 Å². The first-order chi connectivity index (χ1) is 13.7. The second-order valence-corrected chi connectivity index (χ2v) is 7.06. The number of hydrogen-bond donors (Lipinski definition) is 1. The Morgan fingerprint density at radius 1 is 1.07 bits per heavy atom. The molecule has 0 spiro atoms. The van der Waals surface area contributed by atoms with Gasteiger partial charge in [-0.05, 0) is 50.2 Å². The molecule has 1 aliphatic heterocycles. The third kappa shape index (κ3) is 4.39. The average Bonchev–Trinajstić information content (AvgIpc) is 2.84. The van der Waals surface area contributed by atoms with E-state index in [0.29, 0.717) is 29.3 Å². The number of aromatic nitrogens is 1. The van der Waals surface area contributed by atoms with Crippen LogP contribution in [0.15, 0.2) is 42.6 Å². The van der Waals surface area contributed by atoms with Crippen molar-refractivity contribution in [2.24, 2.45) is 0 Å². The van der Waals surface area contributed by atoms with Crippen LogP contribution in [0.25, 0.3) is 0 Å². The fraction of sp³-hybridized carbons (Fsp3) is 0.409. The van der Waals surface area contributed by atoms with Crippen LogP contribution in [0.5, 0.6) is 0 Å². The van der Waals surface area contributed by atoms with Crippen LogP contribution in [0.1, 0.15) is 49.9 Å². The van der Waals surface area contributed by atoms with Crippen LogP contribution in [-0.4, -0.2) is 41.3 Å². The number of unbranched alkanes of at least 4 members (excludes halogenated alkanes) is 2. The van der Waals surface area contributed by atoms with Gasteiger partial charge in [0.2, 0.25) is 5.91 Å². The van der Waals surface area contributed by atoms with Gasteiger partial charge in [0.1, 0.15) is 0 Å². The first kappa shape index (κ1) is 20.0. The summed E-state index contributed by atoms with van der Waals surface area (Å²) in [6.45, 7) is 6.40. The zero-order valence-corrected chi connectivity index (χ0v) is 16.6. The van der Waals surface area contributed by atoms with Gasteiger partial charge in [0.15, 0.2) is 5.82 Å². The van der Waals surface area contributed by atoms with Gasteiger partial charge in [-0.3, -0.25) is 19.4 Å². The molecule has 0 radical (unpaired) electrons. The molecule has 0 saturated heterocycles. The third-order valence-corrected chi connectivity index (χ3v) is 4.90. The SMILES string of the molecule is CCCCN(CCCC)CC(=O)N1c2ccccc2C(=O)Nc2cccnc21. The first-order valence-electron chi connectivity index (χ1n) is 10.1. The molecule has 2 aromatic rings. The zero-order valence-electron chi connectivity index (χ0n) is 16.6. The molecule has 0 saturated carbocycles. The van der Waals surface area contributed by atoms with Crippen molar-refractivity contribution < 1.29 is 9.59 Å². The highest BCUT2D eigenvalue weighted by Crippen LogP contribution is 2.36. The summed E-state index contributed by atoms with van der Waals surface area (Å²) >= 11 is 0. The number of benzene rings is 1. The summed E-state index contributed by atoms with van der Waals surface area (Å²) in [7, 11) is 0. The van der Waals surface area contributed by atoms with Gasteiger partial charge in [-0.2, -0.15) is 0 Å². The Kier molecular flexibility index (Phi) is 6.76. The monoisotopic (exact) mass is 380 g/mol. The van der Waals surface area contributed by atoms with Gasteiger partial charge in [0.05, 0.1) is 23.5 Å². The molecule has 0 bridgehead atoms. The molecule has 3 rings (SSSR count). The number of carbonyl (C=O) groups is 2. The van der Waals surface area contributed by atoms with Crippen molar-refractivity contribution in [2.75, 3.05) is 29.9 Å². The molecule has 0 unspecified atom stereocenters. The van der Waals surface area contributed by atoms with Crippen LogP contribution in [-0.2, 0) is 4.79 Å². The fourth-order valence-corrected chi connectivity index (χ4v) is 3.38. The standard InChI is InChI=1S/C22H28N4O2/c1-3-5-14-25(15-6-4-2)16-20(27)26-19-12-8-7-10-17(19)22(28)24-18-11-9-13-23-21(18)26/h7-13H,3-6,14-16H2,1-2H3,(H,24,28). The van der Waals surface area contributed by atoms with E-state index >= 15 is 0 Å². The highest BCUT2D eigenvalue weighted by molar-refractivity contribution is 6.17. The van der Waals surface area contributed by atoms with Gasteiger partial charge >= 0.3 is 0 Å². The van der Waals surface area contributed by atoms with E-state index in [1.54, 1.807) is 41.4 Å². The lowest BCUT2D eigenvalue weighted by molar-refractivity contribution is -0.119. The number of para-hydroxylation sites is 1.